The Morgan fingerprint density at radius 1 is 1.32 bits per heavy atom. The molecule has 7 nitrogen and oxygen atoms in total. The standard InChI is InChI=1S/C15H19N3O4/c19-14(16-5-7-18-8-6-17-15(18)20)4-2-11-1-3-12-13(9-11)22-10-21-12/h1,3,9H,2,4-8,10H2,(H,16,19)(H,17,20). The third-order valence-electron chi connectivity index (χ3n) is 3.73. The fraction of sp³-hybridized carbons (Fsp3) is 0.467. The Labute approximate surface area is 128 Å². The minimum absolute atomic E-state index is 0.0164. The smallest absolute Gasteiger partial charge is 0.317 e. The normalized spacial score (nSPS) is 15.8. The van der Waals surface area contributed by atoms with Crippen LogP contribution in [0.3, 0.4) is 0 Å². The molecule has 2 aliphatic rings. The van der Waals surface area contributed by atoms with Gasteiger partial charge in [-0.05, 0) is 24.1 Å². The molecule has 1 fully saturated rings. The zero-order valence-electron chi connectivity index (χ0n) is 12.3. The van der Waals surface area contributed by atoms with E-state index in [1.165, 1.54) is 0 Å². The molecule has 0 aliphatic carbocycles. The van der Waals surface area contributed by atoms with E-state index in [0.717, 1.165) is 17.1 Å². The molecule has 1 aromatic rings. The Bertz CT molecular complexity index is 576. The van der Waals surface area contributed by atoms with Crippen molar-refractivity contribution in [1.29, 1.82) is 0 Å². The number of carbonyl (C=O) groups is 2. The molecule has 0 spiro atoms. The van der Waals surface area contributed by atoms with Crippen molar-refractivity contribution in [3.63, 3.8) is 0 Å². The molecule has 0 atom stereocenters. The first kappa shape index (κ1) is 14.5. The van der Waals surface area contributed by atoms with E-state index in [2.05, 4.69) is 10.6 Å². The fourth-order valence-corrected chi connectivity index (χ4v) is 2.50. The second-order valence-electron chi connectivity index (χ2n) is 5.26. The number of nitrogens with one attached hydrogen (secondary N) is 2. The molecule has 2 N–H and O–H groups in total. The SMILES string of the molecule is O=C(CCc1ccc2c(c1)OCO2)NCCN1CCNC1=O. The van der Waals surface area contributed by atoms with Gasteiger partial charge in [-0.25, -0.2) is 4.79 Å². The van der Waals surface area contributed by atoms with Gasteiger partial charge >= 0.3 is 6.03 Å². The number of amides is 3. The van der Waals surface area contributed by atoms with E-state index in [1.807, 2.05) is 18.2 Å². The summed E-state index contributed by atoms with van der Waals surface area (Å²) in [4.78, 5) is 24.8. The van der Waals surface area contributed by atoms with Gasteiger partial charge in [0, 0.05) is 32.6 Å². The molecule has 118 valence electrons. The lowest BCUT2D eigenvalue weighted by Gasteiger charge is -2.14. The molecule has 3 amide bonds. The highest BCUT2D eigenvalue weighted by atomic mass is 16.7. The predicted molar refractivity (Wildman–Crippen MR) is 78.9 cm³/mol. The van der Waals surface area contributed by atoms with Crippen molar-refractivity contribution < 1.29 is 19.1 Å². The van der Waals surface area contributed by atoms with Crippen LogP contribution >= 0.6 is 0 Å². The minimum Gasteiger partial charge on any atom is -0.454 e. The second kappa shape index (κ2) is 6.55. The lowest BCUT2D eigenvalue weighted by Crippen LogP contribution is -2.36. The van der Waals surface area contributed by atoms with Crippen LogP contribution in [-0.2, 0) is 11.2 Å². The van der Waals surface area contributed by atoms with Gasteiger partial charge in [-0.1, -0.05) is 6.07 Å². The fourth-order valence-electron chi connectivity index (χ4n) is 2.50. The average Bonchev–Trinajstić information content (AvgIpc) is 3.14. The average molecular weight is 305 g/mol. The van der Waals surface area contributed by atoms with Crippen molar-refractivity contribution in [2.75, 3.05) is 33.0 Å². The second-order valence-corrected chi connectivity index (χ2v) is 5.26. The molecule has 22 heavy (non-hydrogen) atoms. The Morgan fingerprint density at radius 2 is 2.18 bits per heavy atom. The van der Waals surface area contributed by atoms with Gasteiger partial charge in [-0.2, -0.15) is 0 Å². The summed E-state index contributed by atoms with van der Waals surface area (Å²) in [6, 6.07) is 5.65. The van der Waals surface area contributed by atoms with Crippen molar-refractivity contribution >= 4 is 11.9 Å². The zero-order chi connectivity index (χ0) is 15.4. The summed E-state index contributed by atoms with van der Waals surface area (Å²) in [5.74, 6) is 1.47. The van der Waals surface area contributed by atoms with Crippen LogP contribution in [0.15, 0.2) is 18.2 Å². The quantitative estimate of drug-likeness (QED) is 0.801. The number of fused-ring (bicyclic) bond motifs is 1. The van der Waals surface area contributed by atoms with Crippen molar-refractivity contribution in [2.45, 2.75) is 12.8 Å². The van der Waals surface area contributed by atoms with E-state index in [1.54, 1.807) is 4.90 Å². The molecular weight excluding hydrogens is 286 g/mol. The first-order chi connectivity index (χ1) is 10.7. The number of hydrogen-bond donors (Lipinski definition) is 2. The van der Waals surface area contributed by atoms with Gasteiger partial charge in [0.1, 0.15) is 0 Å². The van der Waals surface area contributed by atoms with E-state index >= 15 is 0 Å². The first-order valence-corrected chi connectivity index (χ1v) is 7.40. The number of urea groups is 1. The van der Waals surface area contributed by atoms with Gasteiger partial charge in [0.2, 0.25) is 12.7 Å². The minimum atomic E-state index is -0.0605. The molecule has 1 saturated heterocycles. The van der Waals surface area contributed by atoms with Crippen molar-refractivity contribution in [2.24, 2.45) is 0 Å². The summed E-state index contributed by atoms with van der Waals surface area (Å²) in [5.41, 5.74) is 1.04. The van der Waals surface area contributed by atoms with Crippen LogP contribution in [0.5, 0.6) is 11.5 Å². The van der Waals surface area contributed by atoms with Crippen LogP contribution in [0.2, 0.25) is 0 Å². The predicted octanol–water partition coefficient (Wildman–Crippen LogP) is 0.489. The van der Waals surface area contributed by atoms with Gasteiger partial charge < -0.3 is 25.0 Å². The van der Waals surface area contributed by atoms with Crippen molar-refractivity contribution in [3.05, 3.63) is 23.8 Å². The molecule has 2 heterocycles. The lowest BCUT2D eigenvalue weighted by atomic mass is 10.1. The van der Waals surface area contributed by atoms with E-state index in [9.17, 15) is 9.59 Å². The zero-order valence-corrected chi connectivity index (χ0v) is 12.3. The van der Waals surface area contributed by atoms with E-state index < -0.39 is 0 Å². The Balaban J connectivity index is 1.38. The summed E-state index contributed by atoms with van der Waals surface area (Å²) in [5, 5.41) is 5.56. The molecule has 0 saturated carbocycles. The third kappa shape index (κ3) is 3.41. The first-order valence-electron chi connectivity index (χ1n) is 7.40. The van der Waals surface area contributed by atoms with Gasteiger partial charge in [-0.15, -0.1) is 0 Å². The van der Waals surface area contributed by atoms with E-state index in [4.69, 9.17) is 9.47 Å². The molecule has 0 radical (unpaired) electrons. The topological polar surface area (TPSA) is 79.9 Å². The summed E-state index contributed by atoms with van der Waals surface area (Å²) in [6.07, 6.45) is 1.05. The molecule has 2 aliphatic heterocycles. The largest absolute Gasteiger partial charge is 0.454 e. The highest BCUT2D eigenvalue weighted by Crippen LogP contribution is 2.32. The van der Waals surface area contributed by atoms with Gasteiger partial charge in [0.25, 0.3) is 0 Å². The van der Waals surface area contributed by atoms with Crippen molar-refractivity contribution in [3.8, 4) is 11.5 Å². The number of ether oxygens (including phenoxy) is 2. The van der Waals surface area contributed by atoms with E-state index in [-0.39, 0.29) is 18.7 Å². The Morgan fingerprint density at radius 3 is 3.00 bits per heavy atom. The molecular formula is C15H19N3O4. The number of hydrogen-bond acceptors (Lipinski definition) is 4. The maximum atomic E-state index is 11.8. The summed E-state index contributed by atoms with van der Waals surface area (Å²) in [7, 11) is 0. The Hall–Kier alpha value is -2.44. The van der Waals surface area contributed by atoms with Crippen LogP contribution in [0.1, 0.15) is 12.0 Å². The maximum Gasteiger partial charge on any atom is 0.317 e. The van der Waals surface area contributed by atoms with Gasteiger partial charge in [-0.3, -0.25) is 4.79 Å². The molecule has 0 aromatic heterocycles. The lowest BCUT2D eigenvalue weighted by molar-refractivity contribution is -0.121. The molecule has 1 aromatic carbocycles. The monoisotopic (exact) mass is 305 g/mol. The van der Waals surface area contributed by atoms with Crippen LogP contribution in [-0.4, -0.2) is 49.8 Å². The summed E-state index contributed by atoms with van der Waals surface area (Å²) in [6.45, 7) is 2.65. The summed E-state index contributed by atoms with van der Waals surface area (Å²) >= 11 is 0. The maximum absolute atomic E-state index is 11.8. The molecule has 3 rings (SSSR count). The number of aryl methyl sites for hydroxylation is 1. The number of carbonyl (C=O) groups excluding carboxylic acids is 2. The number of rotatable bonds is 6. The van der Waals surface area contributed by atoms with Crippen molar-refractivity contribution in [1.82, 2.24) is 15.5 Å². The highest BCUT2D eigenvalue weighted by Gasteiger charge is 2.18. The molecule has 7 heteroatoms. The molecule has 0 bridgehead atoms. The highest BCUT2D eigenvalue weighted by molar-refractivity contribution is 5.77. The van der Waals surface area contributed by atoms with Crippen LogP contribution in [0, 0.1) is 0 Å². The molecule has 0 unspecified atom stereocenters. The number of benzene rings is 1. The third-order valence-corrected chi connectivity index (χ3v) is 3.73. The number of nitrogens with zero attached hydrogens (tertiary/aromatic N) is 1. The van der Waals surface area contributed by atoms with Crippen LogP contribution in [0.4, 0.5) is 4.79 Å². The van der Waals surface area contributed by atoms with Gasteiger partial charge in [0.15, 0.2) is 11.5 Å². The summed E-state index contributed by atoms with van der Waals surface area (Å²) < 4.78 is 10.6. The Kier molecular flexibility index (Phi) is 4.32. The van der Waals surface area contributed by atoms with Gasteiger partial charge in [0.05, 0.1) is 0 Å². The van der Waals surface area contributed by atoms with E-state index in [0.29, 0.717) is 39.0 Å². The van der Waals surface area contributed by atoms with Crippen LogP contribution in [0.25, 0.3) is 0 Å². The van der Waals surface area contributed by atoms with Crippen LogP contribution < -0.4 is 20.1 Å².